The third-order valence-corrected chi connectivity index (χ3v) is 3.58. The van der Waals surface area contributed by atoms with Crippen LogP contribution in [0.4, 0.5) is 0 Å². The molecule has 0 saturated carbocycles. The largest absolute Gasteiger partial charge is 0.491 e. The number of thioether (sulfide) groups is 1. The fourth-order valence-electron chi connectivity index (χ4n) is 1.56. The highest BCUT2D eigenvalue weighted by Gasteiger charge is 2.07. The molecule has 1 atom stereocenters. The zero-order valence-electron chi connectivity index (χ0n) is 10.8. The summed E-state index contributed by atoms with van der Waals surface area (Å²) in [6.07, 6.45) is 1.24. The van der Waals surface area contributed by atoms with E-state index in [1.165, 1.54) is 11.8 Å². The number of pyridine rings is 1. The maximum Gasteiger partial charge on any atom is 0.119 e. The Morgan fingerprint density at radius 3 is 2.89 bits per heavy atom. The molecular weight excluding hydrogens is 258 g/mol. The van der Waals surface area contributed by atoms with Gasteiger partial charge in [0.2, 0.25) is 0 Å². The van der Waals surface area contributed by atoms with Crippen molar-refractivity contribution in [2.45, 2.75) is 18.1 Å². The Labute approximate surface area is 117 Å². The first kappa shape index (κ1) is 13.9. The molecule has 1 aromatic carbocycles. The van der Waals surface area contributed by atoms with Gasteiger partial charge in [-0.15, -0.1) is 11.8 Å². The Morgan fingerprint density at radius 2 is 2.16 bits per heavy atom. The highest BCUT2D eigenvalue weighted by atomic mass is 32.2. The summed E-state index contributed by atoms with van der Waals surface area (Å²) < 4.78 is 5.55. The van der Waals surface area contributed by atoms with Crippen LogP contribution >= 0.6 is 11.8 Å². The summed E-state index contributed by atoms with van der Waals surface area (Å²) in [5.74, 6) is 1.37. The van der Waals surface area contributed by atoms with Crippen LogP contribution in [0, 0.1) is 6.92 Å². The fourth-order valence-corrected chi connectivity index (χ4v) is 2.33. The van der Waals surface area contributed by atoms with E-state index in [2.05, 4.69) is 4.98 Å². The minimum absolute atomic E-state index is 0.295. The van der Waals surface area contributed by atoms with Gasteiger partial charge in [0.1, 0.15) is 12.4 Å². The van der Waals surface area contributed by atoms with Gasteiger partial charge in [0, 0.05) is 11.9 Å². The zero-order chi connectivity index (χ0) is 13.5. The summed E-state index contributed by atoms with van der Waals surface area (Å²) in [6, 6.07) is 13.6. The van der Waals surface area contributed by atoms with Gasteiger partial charge in [-0.05, 0) is 36.8 Å². The van der Waals surface area contributed by atoms with Gasteiger partial charge in [0.15, 0.2) is 0 Å². The molecule has 0 aliphatic heterocycles. The highest BCUT2D eigenvalue weighted by Crippen LogP contribution is 2.16. The third-order valence-electron chi connectivity index (χ3n) is 2.49. The lowest BCUT2D eigenvalue weighted by Gasteiger charge is -2.12. The molecule has 4 heteroatoms. The Hall–Kier alpha value is -1.52. The maximum atomic E-state index is 9.87. The number of rotatable bonds is 6. The molecule has 1 heterocycles. The molecule has 19 heavy (non-hydrogen) atoms. The molecule has 0 aliphatic rings. The smallest absolute Gasteiger partial charge is 0.119 e. The Morgan fingerprint density at radius 1 is 1.26 bits per heavy atom. The zero-order valence-corrected chi connectivity index (χ0v) is 11.6. The molecule has 1 unspecified atom stereocenters. The maximum absolute atomic E-state index is 9.87. The molecule has 0 fully saturated rings. The number of aromatic nitrogens is 1. The topological polar surface area (TPSA) is 42.4 Å². The van der Waals surface area contributed by atoms with Crippen LogP contribution in [0.5, 0.6) is 5.75 Å². The molecule has 0 radical (unpaired) electrons. The summed E-state index contributed by atoms with van der Waals surface area (Å²) in [5.41, 5.74) is 1.15. The van der Waals surface area contributed by atoms with Gasteiger partial charge in [0.25, 0.3) is 0 Å². The second-order valence-corrected chi connectivity index (χ2v) is 5.30. The molecule has 3 nitrogen and oxygen atoms in total. The van der Waals surface area contributed by atoms with Crippen molar-refractivity contribution in [1.29, 1.82) is 0 Å². The average Bonchev–Trinajstić information content (AvgIpc) is 2.44. The van der Waals surface area contributed by atoms with Crippen LogP contribution in [0.3, 0.4) is 0 Å². The monoisotopic (exact) mass is 275 g/mol. The van der Waals surface area contributed by atoms with E-state index in [4.69, 9.17) is 4.74 Å². The number of hydrogen-bond acceptors (Lipinski definition) is 4. The quantitative estimate of drug-likeness (QED) is 0.823. The number of benzene rings is 1. The van der Waals surface area contributed by atoms with Gasteiger partial charge in [-0.2, -0.15) is 0 Å². The predicted octanol–water partition coefficient (Wildman–Crippen LogP) is 2.92. The second-order valence-electron chi connectivity index (χ2n) is 4.26. The molecule has 1 N–H and O–H groups in total. The van der Waals surface area contributed by atoms with Crippen LogP contribution in [0.15, 0.2) is 53.7 Å². The van der Waals surface area contributed by atoms with Crippen LogP contribution < -0.4 is 4.74 Å². The van der Waals surface area contributed by atoms with Crippen molar-refractivity contribution in [3.8, 4) is 5.75 Å². The van der Waals surface area contributed by atoms with Crippen molar-refractivity contribution in [2.75, 3.05) is 12.4 Å². The summed E-state index contributed by atoms with van der Waals surface area (Å²) in [5, 5.41) is 10.8. The fraction of sp³-hybridized carbons (Fsp3) is 0.267. The first-order valence-corrected chi connectivity index (χ1v) is 7.14. The van der Waals surface area contributed by atoms with Crippen molar-refractivity contribution in [1.82, 2.24) is 4.98 Å². The normalized spacial score (nSPS) is 12.1. The molecule has 0 bridgehead atoms. The predicted molar refractivity (Wildman–Crippen MR) is 77.6 cm³/mol. The van der Waals surface area contributed by atoms with Crippen molar-refractivity contribution in [2.24, 2.45) is 0 Å². The van der Waals surface area contributed by atoms with Crippen molar-refractivity contribution in [3.05, 3.63) is 54.2 Å². The van der Waals surface area contributed by atoms with Gasteiger partial charge >= 0.3 is 0 Å². The Kier molecular flexibility index (Phi) is 5.24. The van der Waals surface area contributed by atoms with Gasteiger partial charge < -0.3 is 9.84 Å². The van der Waals surface area contributed by atoms with Crippen LogP contribution in [-0.2, 0) is 0 Å². The highest BCUT2D eigenvalue weighted by molar-refractivity contribution is 7.99. The summed E-state index contributed by atoms with van der Waals surface area (Å²) in [4.78, 5) is 4.19. The minimum atomic E-state index is -0.507. The van der Waals surface area contributed by atoms with E-state index in [1.54, 1.807) is 6.20 Å². The van der Waals surface area contributed by atoms with E-state index >= 15 is 0 Å². The van der Waals surface area contributed by atoms with E-state index in [-0.39, 0.29) is 0 Å². The molecule has 100 valence electrons. The van der Waals surface area contributed by atoms with E-state index in [9.17, 15) is 5.11 Å². The molecule has 0 spiro atoms. The van der Waals surface area contributed by atoms with Crippen molar-refractivity contribution >= 4 is 11.8 Å². The SMILES string of the molecule is Cc1cccc(OCC(O)CSc2ccccn2)c1. The number of hydrogen-bond donors (Lipinski definition) is 1. The summed E-state index contributed by atoms with van der Waals surface area (Å²) in [7, 11) is 0. The van der Waals surface area contributed by atoms with Crippen molar-refractivity contribution in [3.63, 3.8) is 0 Å². The molecule has 2 aromatic rings. The lowest BCUT2D eigenvalue weighted by molar-refractivity contribution is 0.126. The van der Waals surface area contributed by atoms with Gasteiger partial charge in [-0.1, -0.05) is 18.2 Å². The molecule has 0 amide bonds. The van der Waals surface area contributed by atoms with Gasteiger partial charge in [-0.25, -0.2) is 4.98 Å². The standard InChI is InChI=1S/C15H17NO2S/c1-12-5-4-6-14(9-12)18-10-13(17)11-19-15-7-2-3-8-16-15/h2-9,13,17H,10-11H2,1H3. The van der Waals surface area contributed by atoms with Crippen molar-refractivity contribution < 1.29 is 9.84 Å². The lowest BCUT2D eigenvalue weighted by atomic mass is 10.2. The average molecular weight is 275 g/mol. The van der Waals surface area contributed by atoms with Gasteiger partial charge in [0.05, 0.1) is 11.1 Å². The molecule has 0 saturated heterocycles. The van der Waals surface area contributed by atoms with Crippen LogP contribution in [-0.4, -0.2) is 28.6 Å². The van der Waals surface area contributed by atoms with E-state index in [0.717, 1.165) is 16.3 Å². The minimum Gasteiger partial charge on any atom is -0.491 e. The van der Waals surface area contributed by atoms with E-state index in [1.807, 2.05) is 49.4 Å². The number of aliphatic hydroxyl groups is 1. The van der Waals surface area contributed by atoms with E-state index in [0.29, 0.717) is 12.4 Å². The molecular formula is C15H17NO2S. The van der Waals surface area contributed by atoms with Crippen LogP contribution in [0.25, 0.3) is 0 Å². The van der Waals surface area contributed by atoms with Crippen LogP contribution in [0.1, 0.15) is 5.56 Å². The number of aryl methyl sites for hydroxylation is 1. The molecule has 2 rings (SSSR count). The second kappa shape index (κ2) is 7.16. The van der Waals surface area contributed by atoms with E-state index < -0.39 is 6.10 Å². The first-order valence-electron chi connectivity index (χ1n) is 6.15. The number of nitrogens with zero attached hydrogens (tertiary/aromatic N) is 1. The Balaban J connectivity index is 1.74. The lowest BCUT2D eigenvalue weighted by Crippen LogP contribution is -2.20. The first-order chi connectivity index (χ1) is 9.24. The number of aliphatic hydroxyl groups excluding tert-OH is 1. The number of ether oxygens (including phenoxy) is 1. The third kappa shape index (κ3) is 4.93. The van der Waals surface area contributed by atoms with Crippen LogP contribution in [0.2, 0.25) is 0 Å². The summed E-state index contributed by atoms with van der Waals surface area (Å²) in [6.45, 7) is 2.31. The molecule has 1 aromatic heterocycles. The summed E-state index contributed by atoms with van der Waals surface area (Å²) >= 11 is 1.53. The Bertz CT molecular complexity index is 505. The molecule has 0 aliphatic carbocycles. The van der Waals surface area contributed by atoms with Gasteiger partial charge in [-0.3, -0.25) is 0 Å².